The number of nitrogens with one attached hydrogen (secondary N) is 2. The fourth-order valence-corrected chi connectivity index (χ4v) is 4.75. The molecule has 0 amide bonds. The Morgan fingerprint density at radius 3 is 1.70 bits per heavy atom. The zero-order valence-corrected chi connectivity index (χ0v) is 23.6. The van der Waals surface area contributed by atoms with E-state index in [1.165, 1.54) is 0 Å². The topological polar surface area (TPSA) is 61.0 Å². The Balaban J connectivity index is 0.000000143. The molecule has 0 saturated carbocycles. The normalized spacial score (nSPS) is 10.4. The predicted octanol–water partition coefficient (Wildman–Crippen LogP) is 10.9. The van der Waals surface area contributed by atoms with Crippen molar-refractivity contribution in [2.45, 2.75) is 0 Å². The Morgan fingerprint density at radius 1 is 0.595 bits per heavy atom. The van der Waals surface area contributed by atoms with E-state index in [9.17, 15) is 0 Å². The number of hydrogen-bond acceptors (Lipinski definition) is 2. The number of phenols is 1. The number of ether oxygens (including phenoxy) is 1. The lowest BCUT2D eigenvalue weighted by atomic mass is 10.2. The lowest BCUT2D eigenvalue weighted by Gasteiger charge is -2.07. The van der Waals surface area contributed by atoms with Crippen LogP contribution in [0.5, 0.6) is 17.2 Å². The monoisotopic (exact) mass is 634 g/mol. The number of aromatic amines is 2. The second kappa shape index (κ2) is 12.6. The highest BCUT2D eigenvalue weighted by Gasteiger charge is 2.06. The van der Waals surface area contributed by atoms with Gasteiger partial charge in [0.2, 0.25) is 0 Å². The van der Waals surface area contributed by atoms with Gasteiger partial charge in [0.1, 0.15) is 17.2 Å². The molecule has 37 heavy (non-hydrogen) atoms. The first-order valence-electron chi connectivity index (χ1n) is 10.9. The van der Waals surface area contributed by atoms with E-state index in [0.717, 1.165) is 42.8 Å². The van der Waals surface area contributed by atoms with Crippen molar-refractivity contribution < 1.29 is 9.84 Å². The summed E-state index contributed by atoms with van der Waals surface area (Å²) in [4.78, 5) is 6.20. The highest BCUT2D eigenvalue weighted by Crippen LogP contribution is 2.33. The number of aromatic hydroxyl groups is 1. The number of halogens is 5. The van der Waals surface area contributed by atoms with Gasteiger partial charge in [0.25, 0.3) is 0 Å². The van der Waals surface area contributed by atoms with Gasteiger partial charge in [-0.25, -0.2) is 0 Å². The molecule has 3 N–H and O–H groups in total. The van der Waals surface area contributed by atoms with Crippen LogP contribution >= 0.6 is 62.3 Å². The van der Waals surface area contributed by atoms with Gasteiger partial charge >= 0.3 is 0 Å². The first-order valence-corrected chi connectivity index (χ1v) is 13.2. The van der Waals surface area contributed by atoms with E-state index >= 15 is 0 Å². The predicted molar refractivity (Wildman–Crippen MR) is 159 cm³/mol. The molecule has 0 fully saturated rings. The lowest BCUT2D eigenvalue weighted by molar-refractivity contribution is 0.475. The molecule has 0 spiro atoms. The van der Waals surface area contributed by atoms with E-state index in [0.29, 0.717) is 15.1 Å². The molecule has 0 radical (unpaired) electrons. The van der Waals surface area contributed by atoms with E-state index in [4.69, 9.17) is 56.2 Å². The summed E-state index contributed by atoms with van der Waals surface area (Å²) in [6, 6.07) is 25.0. The molecule has 4 nitrogen and oxygen atoms in total. The van der Waals surface area contributed by atoms with Gasteiger partial charge in [-0.1, -0.05) is 62.3 Å². The summed E-state index contributed by atoms with van der Waals surface area (Å²) in [5.41, 5.74) is 2.01. The van der Waals surface area contributed by atoms with Crippen molar-refractivity contribution in [3.63, 3.8) is 0 Å². The average Bonchev–Trinajstić information content (AvgIpc) is 3.53. The maximum Gasteiger partial charge on any atom is 0.138 e. The highest BCUT2D eigenvalue weighted by molar-refractivity contribution is 9.10. The molecule has 0 bridgehead atoms. The number of rotatable bonds is 2. The first-order chi connectivity index (χ1) is 17.8. The van der Waals surface area contributed by atoms with Crippen LogP contribution < -0.4 is 4.74 Å². The second-order valence-electron chi connectivity index (χ2n) is 7.70. The number of benzene rings is 4. The Labute approximate surface area is 241 Å². The van der Waals surface area contributed by atoms with Gasteiger partial charge in [0, 0.05) is 59.3 Å². The van der Waals surface area contributed by atoms with Crippen molar-refractivity contribution in [1.29, 1.82) is 0 Å². The summed E-state index contributed by atoms with van der Waals surface area (Å²) in [7, 11) is 0. The summed E-state index contributed by atoms with van der Waals surface area (Å²) >= 11 is 26.6. The number of aromatic nitrogens is 2. The standard InChI is InChI=1S/C14H9Cl2NO.C8H5BrClN.C6H5ClO/c15-9-1-3-11(4-2-9)18-14-8-10(16)7-13-12(14)5-6-17-13;9-7-3-5(10)4-8-6(7)1-2-11-8;7-5-1-3-6(8)4-2-5/h1-8,17H;1-4,11H;1-4,8H. The van der Waals surface area contributed by atoms with Gasteiger partial charge in [-0.15, -0.1) is 0 Å². The molecule has 2 aromatic heterocycles. The minimum atomic E-state index is 0.245. The number of H-pyrrole nitrogens is 2. The van der Waals surface area contributed by atoms with Crippen molar-refractivity contribution in [2.75, 3.05) is 0 Å². The van der Waals surface area contributed by atoms with E-state index in [2.05, 4.69) is 25.9 Å². The molecule has 0 aliphatic rings. The summed E-state index contributed by atoms with van der Waals surface area (Å²) in [5.74, 6) is 1.69. The Morgan fingerprint density at radius 2 is 1.11 bits per heavy atom. The van der Waals surface area contributed by atoms with Crippen LogP contribution in [-0.2, 0) is 0 Å². The van der Waals surface area contributed by atoms with Crippen LogP contribution in [0.15, 0.2) is 102 Å². The van der Waals surface area contributed by atoms with Crippen LogP contribution in [0.25, 0.3) is 21.8 Å². The maximum atomic E-state index is 8.70. The second-order valence-corrected chi connectivity index (χ2v) is 10.3. The Kier molecular flexibility index (Phi) is 9.30. The number of phenolic OH excluding ortho intramolecular Hbond substituents is 1. The number of fused-ring (bicyclic) bond motifs is 2. The minimum Gasteiger partial charge on any atom is -0.508 e. The molecular weight excluding hydrogens is 618 g/mol. The van der Waals surface area contributed by atoms with Gasteiger partial charge in [-0.3, -0.25) is 0 Å². The van der Waals surface area contributed by atoms with E-state index in [-0.39, 0.29) is 5.75 Å². The maximum absolute atomic E-state index is 8.70. The first kappa shape index (κ1) is 27.2. The van der Waals surface area contributed by atoms with Gasteiger partial charge in [0.15, 0.2) is 0 Å². The zero-order chi connectivity index (χ0) is 26.4. The fraction of sp³-hybridized carbons (Fsp3) is 0. The summed E-state index contributed by atoms with van der Waals surface area (Å²) < 4.78 is 6.85. The van der Waals surface area contributed by atoms with Crippen molar-refractivity contribution in [2.24, 2.45) is 0 Å². The smallest absolute Gasteiger partial charge is 0.138 e. The molecule has 6 rings (SSSR count). The van der Waals surface area contributed by atoms with Crippen molar-refractivity contribution in [3.05, 3.63) is 122 Å². The molecule has 2 heterocycles. The lowest BCUT2D eigenvalue weighted by Crippen LogP contribution is -1.85. The summed E-state index contributed by atoms with van der Waals surface area (Å²) in [6.45, 7) is 0. The van der Waals surface area contributed by atoms with E-state index < -0.39 is 0 Å². The molecule has 6 aromatic rings. The van der Waals surface area contributed by atoms with Crippen LogP contribution in [0, 0.1) is 0 Å². The molecule has 9 heteroatoms. The molecular formula is C28H19BrCl4N2O2. The molecule has 188 valence electrons. The van der Waals surface area contributed by atoms with Crippen molar-refractivity contribution in [3.8, 4) is 17.2 Å². The Hall–Kier alpha value is -2.80. The van der Waals surface area contributed by atoms with Crippen LogP contribution in [0.4, 0.5) is 0 Å². The third-order valence-corrected chi connectivity index (χ3v) is 6.64. The van der Waals surface area contributed by atoms with Crippen molar-refractivity contribution >= 4 is 84.1 Å². The molecule has 0 aliphatic heterocycles. The third-order valence-electron chi connectivity index (χ3n) is 5.05. The van der Waals surface area contributed by atoms with Crippen LogP contribution in [0.1, 0.15) is 0 Å². The number of hydrogen-bond donors (Lipinski definition) is 3. The average molecular weight is 637 g/mol. The highest BCUT2D eigenvalue weighted by atomic mass is 79.9. The minimum absolute atomic E-state index is 0.245. The van der Waals surface area contributed by atoms with Crippen LogP contribution in [0.2, 0.25) is 20.1 Å². The van der Waals surface area contributed by atoms with E-state index in [1.807, 2.05) is 54.9 Å². The van der Waals surface area contributed by atoms with Crippen LogP contribution in [-0.4, -0.2) is 15.1 Å². The van der Waals surface area contributed by atoms with Gasteiger partial charge in [-0.05, 0) is 78.9 Å². The molecule has 0 saturated heterocycles. The van der Waals surface area contributed by atoms with Gasteiger partial charge in [-0.2, -0.15) is 0 Å². The van der Waals surface area contributed by atoms with Crippen molar-refractivity contribution in [1.82, 2.24) is 9.97 Å². The van der Waals surface area contributed by atoms with Gasteiger partial charge in [0.05, 0.1) is 5.52 Å². The molecule has 0 atom stereocenters. The molecule has 0 unspecified atom stereocenters. The van der Waals surface area contributed by atoms with E-state index in [1.54, 1.807) is 42.5 Å². The third kappa shape index (κ3) is 7.60. The van der Waals surface area contributed by atoms with Gasteiger partial charge < -0.3 is 19.8 Å². The summed E-state index contributed by atoms with van der Waals surface area (Å²) in [6.07, 6.45) is 3.75. The van der Waals surface area contributed by atoms with Crippen LogP contribution in [0.3, 0.4) is 0 Å². The molecule has 0 aliphatic carbocycles. The largest absolute Gasteiger partial charge is 0.508 e. The molecule has 4 aromatic carbocycles. The Bertz CT molecular complexity index is 1590. The summed E-state index contributed by atoms with van der Waals surface area (Å²) in [5, 5.41) is 13.6. The zero-order valence-electron chi connectivity index (χ0n) is 19.0. The SMILES string of the molecule is Clc1cc(Br)c2cc[nH]c2c1.Clc1ccc(Oc2cc(Cl)cc3[nH]ccc23)cc1.Oc1ccc(Cl)cc1. The quantitative estimate of drug-likeness (QED) is 0.177. The fourth-order valence-electron chi connectivity index (χ4n) is 3.34.